The van der Waals surface area contributed by atoms with Gasteiger partial charge >= 0.3 is 5.97 Å². The number of carbonyl (C=O) groups is 3. The molecule has 0 aliphatic carbocycles. The van der Waals surface area contributed by atoms with Gasteiger partial charge in [-0.25, -0.2) is 0 Å². The molecule has 18 heavy (non-hydrogen) atoms. The molecule has 102 valence electrons. The Hall–Kier alpha value is -1.85. The number of methoxy groups -OCH3 is 1. The van der Waals surface area contributed by atoms with Crippen LogP contribution in [0.4, 0.5) is 0 Å². The fourth-order valence-corrected chi connectivity index (χ4v) is 1.64. The van der Waals surface area contributed by atoms with Crippen molar-refractivity contribution in [3.63, 3.8) is 0 Å². The Morgan fingerprint density at radius 1 is 1.28 bits per heavy atom. The zero-order chi connectivity index (χ0) is 14.3. The maximum absolute atomic E-state index is 11.3. The van der Waals surface area contributed by atoms with E-state index in [1.54, 1.807) is 6.92 Å². The molecular formula is C12H16O6-2. The van der Waals surface area contributed by atoms with Gasteiger partial charge in [-0.3, -0.25) is 4.79 Å². The van der Waals surface area contributed by atoms with Gasteiger partial charge in [-0.15, -0.1) is 0 Å². The van der Waals surface area contributed by atoms with Gasteiger partial charge in [-0.1, -0.05) is 26.3 Å². The van der Waals surface area contributed by atoms with Crippen molar-refractivity contribution in [1.29, 1.82) is 0 Å². The molecule has 0 aliphatic heterocycles. The molecule has 0 radical (unpaired) electrons. The van der Waals surface area contributed by atoms with E-state index in [0.717, 1.165) is 7.11 Å². The second-order valence-corrected chi connectivity index (χ2v) is 3.99. The number of esters is 1. The minimum Gasteiger partial charge on any atom is -0.549 e. The smallest absolute Gasteiger partial charge is 0.306 e. The fraction of sp³-hybridized carbons (Fsp3) is 0.583. The summed E-state index contributed by atoms with van der Waals surface area (Å²) in [5, 5.41) is 22.1. The number of unbranched alkanes of at least 4 members (excludes halogenated alkanes) is 1. The van der Waals surface area contributed by atoms with Crippen LogP contribution >= 0.6 is 0 Å². The number of aliphatic carboxylic acids is 2. The topological polar surface area (TPSA) is 107 Å². The standard InChI is InChI=1S/C12H18O6/c1-4-5-6-12(11(16)17,7-9(13)18-3)8(2)10(14)15/h2,4-7H2,1,3H3,(H,14,15)(H,16,17)/p-2. The first kappa shape index (κ1) is 16.1. The van der Waals surface area contributed by atoms with Crippen LogP contribution in [-0.4, -0.2) is 25.0 Å². The highest BCUT2D eigenvalue weighted by atomic mass is 16.5. The molecule has 0 rings (SSSR count). The van der Waals surface area contributed by atoms with Crippen molar-refractivity contribution in [3.8, 4) is 0 Å². The number of carboxylic acids is 2. The molecule has 6 heteroatoms. The molecule has 0 aromatic heterocycles. The first-order valence-electron chi connectivity index (χ1n) is 5.50. The van der Waals surface area contributed by atoms with Gasteiger partial charge in [0.25, 0.3) is 0 Å². The Labute approximate surface area is 105 Å². The van der Waals surface area contributed by atoms with Crippen molar-refractivity contribution in [2.45, 2.75) is 32.6 Å². The van der Waals surface area contributed by atoms with Crippen LogP contribution in [0.5, 0.6) is 0 Å². The Morgan fingerprint density at radius 2 is 1.83 bits per heavy atom. The van der Waals surface area contributed by atoms with Crippen LogP contribution < -0.4 is 10.2 Å². The van der Waals surface area contributed by atoms with Crippen LogP contribution in [0.25, 0.3) is 0 Å². The fourth-order valence-electron chi connectivity index (χ4n) is 1.64. The molecule has 0 bridgehead atoms. The average Bonchev–Trinajstić information content (AvgIpc) is 2.32. The Bertz CT molecular complexity index is 360. The zero-order valence-corrected chi connectivity index (χ0v) is 10.5. The third-order valence-corrected chi connectivity index (χ3v) is 2.85. The minimum atomic E-state index is -1.97. The summed E-state index contributed by atoms with van der Waals surface area (Å²) < 4.78 is 4.38. The van der Waals surface area contributed by atoms with E-state index in [9.17, 15) is 24.6 Å². The van der Waals surface area contributed by atoms with Crippen LogP contribution in [-0.2, 0) is 19.1 Å². The predicted molar refractivity (Wildman–Crippen MR) is 57.7 cm³/mol. The summed E-state index contributed by atoms with van der Waals surface area (Å²) in [6.45, 7) is 5.00. The van der Waals surface area contributed by atoms with Gasteiger partial charge in [-0.2, -0.15) is 0 Å². The van der Waals surface area contributed by atoms with Crippen molar-refractivity contribution < 1.29 is 29.3 Å². The Balaban J connectivity index is 5.41. The molecule has 0 fully saturated rings. The van der Waals surface area contributed by atoms with Gasteiger partial charge < -0.3 is 24.5 Å². The SMILES string of the molecule is C=C(C(=O)[O-])C(CCCC)(CC(=O)OC)C(=O)[O-]. The molecule has 0 N–H and O–H groups in total. The summed E-state index contributed by atoms with van der Waals surface area (Å²) >= 11 is 0. The summed E-state index contributed by atoms with van der Waals surface area (Å²) in [6.07, 6.45) is 0.361. The monoisotopic (exact) mass is 256 g/mol. The van der Waals surface area contributed by atoms with Crippen LogP contribution in [0.3, 0.4) is 0 Å². The predicted octanol–water partition coefficient (Wildman–Crippen LogP) is -1.22. The molecule has 6 nitrogen and oxygen atoms in total. The lowest BCUT2D eigenvalue weighted by Gasteiger charge is -2.36. The molecule has 0 heterocycles. The number of rotatable bonds is 8. The summed E-state index contributed by atoms with van der Waals surface area (Å²) in [5.41, 5.74) is -2.64. The lowest BCUT2D eigenvalue weighted by molar-refractivity contribution is -0.322. The van der Waals surface area contributed by atoms with E-state index in [-0.39, 0.29) is 6.42 Å². The molecule has 0 amide bonds. The first-order valence-corrected chi connectivity index (χ1v) is 5.50. The van der Waals surface area contributed by atoms with Gasteiger partial charge in [-0.05, 0) is 12.0 Å². The number of carbonyl (C=O) groups excluding carboxylic acids is 3. The van der Waals surface area contributed by atoms with E-state index in [1.807, 2.05) is 0 Å². The highest BCUT2D eigenvalue weighted by Gasteiger charge is 2.37. The summed E-state index contributed by atoms with van der Waals surface area (Å²) in [5.74, 6) is -4.20. The van der Waals surface area contributed by atoms with Gasteiger partial charge in [0.2, 0.25) is 0 Å². The quantitative estimate of drug-likeness (QED) is 0.398. The van der Waals surface area contributed by atoms with E-state index in [0.29, 0.717) is 12.8 Å². The minimum absolute atomic E-state index is 0.0618. The average molecular weight is 256 g/mol. The number of hydrogen-bond acceptors (Lipinski definition) is 6. The van der Waals surface area contributed by atoms with Gasteiger partial charge in [0, 0.05) is 5.41 Å². The molecular weight excluding hydrogens is 240 g/mol. The van der Waals surface area contributed by atoms with Crippen molar-refractivity contribution in [1.82, 2.24) is 0 Å². The molecule has 1 unspecified atom stereocenters. The van der Waals surface area contributed by atoms with E-state index < -0.39 is 35.3 Å². The second-order valence-electron chi connectivity index (χ2n) is 3.99. The highest BCUT2D eigenvalue weighted by molar-refractivity contribution is 5.96. The van der Waals surface area contributed by atoms with Crippen molar-refractivity contribution in [2.75, 3.05) is 7.11 Å². The maximum Gasteiger partial charge on any atom is 0.306 e. The van der Waals surface area contributed by atoms with E-state index >= 15 is 0 Å². The van der Waals surface area contributed by atoms with Crippen LogP contribution in [0.2, 0.25) is 0 Å². The third-order valence-electron chi connectivity index (χ3n) is 2.85. The summed E-state index contributed by atoms with van der Waals surface area (Å²) in [6, 6.07) is 0. The lowest BCUT2D eigenvalue weighted by atomic mass is 9.73. The van der Waals surface area contributed by atoms with Crippen molar-refractivity contribution >= 4 is 17.9 Å². The van der Waals surface area contributed by atoms with Gasteiger partial charge in [0.05, 0.1) is 25.5 Å². The van der Waals surface area contributed by atoms with Gasteiger partial charge in [0.1, 0.15) is 0 Å². The molecule has 0 saturated carbocycles. The molecule has 0 aromatic carbocycles. The maximum atomic E-state index is 11.3. The van der Waals surface area contributed by atoms with Gasteiger partial charge in [0.15, 0.2) is 0 Å². The molecule has 0 saturated heterocycles. The number of carboxylic acid groups (broad SMARTS) is 2. The lowest BCUT2D eigenvalue weighted by Crippen LogP contribution is -2.49. The first-order chi connectivity index (χ1) is 8.31. The van der Waals surface area contributed by atoms with Crippen LogP contribution in [0.15, 0.2) is 12.2 Å². The summed E-state index contributed by atoms with van der Waals surface area (Å²) in [7, 11) is 1.09. The second kappa shape index (κ2) is 6.78. The largest absolute Gasteiger partial charge is 0.549 e. The number of hydrogen-bond donors (Lipinski definition) is 0. The number of ether oxygens (including phenoxy) is 1. The van der Waals surface area contributed by atoms with E-state index in [2.05, 4.69) is 11.3 Å². The normalized spacial score (nSPS) is 13.4. The van der Waals surface area contributed by atoms with E-state index in [4.69, 9.17) is 0 Å². The third kappa shape index (κ3) is 3.58. The van der Waals surface area contributed by atoms with Crippen LogP contribution in [0, 0.1) is 5.41 Å². The van der Waals surface area contributed by atoms with Crippen molar-refractivity contribution in [3.05, 3.63) is 12.2 Å². The molecule has 0 aliphatic rings. The highest BCUT2D eigenvalue weighted by Crippen LogP contribution is 2.36. The zero-order valence-electron chi connectivity index (χ0n) is 10.5. The van der Waals surface area contributed by atoms with Crippen LogP contribution in [0.1, 0.15) is 32.6 Å². The Kier molecular flexibility index (Phi) is 6.08. The summed E-state index contributed by atoms with van der Waals surface area (Å²) in [4.78, 5) is 33.3. The Morgan fingerprint density at radius 3 is 2.17 bits per heavy atom. The molecule has 0 spiro atoms. The molecule has 1 atom stereocenters. The van der Waals surface area contributed by atoms with E-state index in [1.165, 1.54) is 0 Å². The van der Waals surface area contributed by atoms with Crippen molar-refractivity contribution in [2.24, 2.45) is 5.41 Å². The molecule has 0 aromatic rings.